The van der Waals surface area contributed by atoms with Gasteiger partial charge in [-0.05, 0) is 31.0 Å². The molecule has 1 aromatic heterocycles. The van der Waals surface area contributed by atoms with Gasteiger partial charge in [0.25, 0.3) is 0 Å². The first kappa shape index (κ1) is 16.2. The van der Waals surface area contributed by atoms with Crippen molar-refractivity contribution in [3.8, 4) is 0 Å². The monoisotopic (exact) mass is 331 g/mol. The minimum Gasteiger partial charge on any atom is -0.362 e. The lowest BCUT2D eigenvalue weighted by molar-refractivity contribution is -0.138. The summed E-state index contributed by atoms with van der Waals surface area (Å²) in [4.78, 5) is 0. The Hall–Kier alpha value is -2.63. The van der Waals surface area contributed by atoms with Crippen LogP contribution in [-0.2, 0) is 6.18 Å². The van der Waals surface area contributed by atoms with Crippen LogP contribution >= 0.6 is 0 Å². The minimum absolute atomic E-state index is 0.221. The van der Waals surface area contributed by atoms with E-state index in [9.17, 15) is 13.2 Å². The molecule has 124 valence electrons. The van der Waals surface area contributed by atoms with E-state index in [2.05, 4.69) is 15.5 Å². The van der Waals surface area contributed by atoms with E-state index >= 15 is 0 Å². The molecule has 1 unspecified atom stereocenters. The van der Waals surface area contributed by atoms with Crippen molar-refractivity contribution in [3.63, 3.8) is 0 Å². The quantitative estimate of drug-likeness (QED) is 0.723. The predicted octanol–water partition coefficient (Wildman–Crippen LogP) is 5.13. The van der Waals surface area contributed by atoms with Crippen LogP contribution in [0, 0.1) is 6.92 Å². The third-order valence-corrected chi connectivity index (χ3v) is 4.07. The fraction of sp³-hybridized carbons (Fsp3) is 0.222. The summed E-state index contributed by atoms with van der Waals surface area (Å²) in [5.41, 5.74) is 0.190. The van der Waals surface area contributed by atoms with E-state index in [1.54, 1.807) is 12.3 Å². The lowest BCUT2D eigenvalue weighted by Gasteiger charge is -2.20. The fourth-order valence-corrected chi connectivity index (χ4v) is 2.85. The number of aromatic nitrogens is 2. The smallest absolute Gasteiger partial charge is 0.362 e. The number of hydrogen-bond acceptors (Lipinski definition) is 3. The molecule has 0 aliphatic rings. The van der Waals surface area contributed by atoms with Crippen LogP contribution < -0.4 is 5.32 Å². The van der Waals surface area contributed by atoms with E-state index < -0.39 is 11.7 Å². The first-order chi connectivity index (χ1) is 11.4. The van der Waals surface area contributed by atoms with Gasteiger partial charge in [-0.15, -0.1) is 5.10 Å². The van der Waals surface area contributed by atoms with E-state index in [0.29, 0.717) is 11.4 Å². The van der Waals surface area contributed by atoms with Crippen LogP contribution in [-0.4, -0.2) is 10.2 Å². The Morgan fingerprint density at radius 2 is 1.79 bits per heavy atom. The van der Waals surface area contributed by atoms with Crippen molar-refractivity contribution in [2.45, 2.75) is 26.1 Å². The third-order valence-electron chi connectivity index (χ3n) is 4.07. The number of anilines is 1. The van der Waals surface area contributed by atoms with E-state index in [1.165, 1.54) is 13.0 Å². The maximum atomic E-state index is 13.1. The number of halogens is 3. The number of alkyl halides is 3. The van der Waals surface area contributed by atoms with E-state index in [4.69, 9.17) is 0 Å². The van der Waals surface area contributed by atoms with Gasteiger partial charge in [-0.3, -0.25) is 0 Å². The Labute approximate surface area is 137 Å². The zero-order valence-electron chi connectivity index (χ0n) is 13.2. The highest BCUT2D eigenvalue weighted by Gasteiger charge is 2.33. The molecule has 0 bridgehead atoms. The van der Waals surface area contributed by atoms with Crippen LogP contribution in [0.15, 0.2) is 48.7 Å². The maximum Gasteiger partial charge on any atom is 0.416 e. The van der Waals surface area contributed by atoms with Gasteiger partial charge in [-0.2, -0.15) is 18.3 Å². The topological polar surface area (TPSA) is 37.8 Å². The van der Waals surface area contributed by atoms with Crippen molar-refractivity contribution in [3.05, 3.63) is 65.4 Å². The SMILES string of the molecule is Cc1c(C(C)Nc2nncc3ccccc23)cccc1C(F)(F)F. The van der Waals surface area contributed by atoms with E-state index in [0.717, 1.165) is 16.8 Å². The molecule has 3 rings (SSSR count). The van der Waals surface area contributed by atoms with Gasteiger partial charge in [0.2, 0.25) is 0 Å². The van der Waals surface area contributed by atoms with Gasteiger partial charge in [0.15, 0.2) is 5.82 Å². The second-order valence-electron chi connectivity index (χ2n) is 5.66. The van der Waals surface area contributed by atoms with Crippen molar-refractivity contribution in [1.82, 2.24) is 10.2 Å². The molecule has 0 saturated carbocycles. The summed E-state index contributed by atoms with van der Waals surface area (Å²) in [6.07, 6.45) is -2.71. The van der Waals surface area contributed by atoms with E-state index in [-0.39, 0.29) is 11.6 Å². The van der Waals surface area contributed by atoms with Crippen molar-refractivity contribution < 1.29 is 13.2 Å². The highest BCUT2D eigenvalue weighted by molar-refractivity contribution is 5.90. The fourth-order valence-electron chi connectivity index (χ4n) is 2.85. The van der Waals surface area contributed by atoms with Gasteiger partial charge in [-0.1, -0.05) is 36.4 Å². The second kappa shape index (κ2) is 6.11. The molecule has 0 radical (unpaired) electrons. The van der Waals surface area contributed by atoms with Crippen LogP contribution in [0.2, 0.25) is 0 Å². The highest BCUT2D eigenvalue weighted by atomic mass is 19.4. The average molecular weight is 331 g/mol. The average Bonchev–Trinajstić information content (AvgIpc) is 2.54. The number of fused-ring (bicyclic) bond motifs is 1. The summed E-state index contributed by atoms with van der Waals surface area (Å²) < 4.78 is 39.3. The Bertz CT molecular complexity index is 870. The number of nitrogens with one attached hydrogen (secondary N) is 1. The van der Waals surface area contributed by atoms with Gasteiger partial charge in [0, 0.05) is 10.8 Å². The molecule has 0 amide bonds. The van der Waals surface area contributed by atoms with Crippen LogP contribution in [0.5, 0.6) is 0 Å². The summed E-state index contributed by atoms with van der Waals surface area (Å²) in [5.74, 6) is 0.553. The van der Waals surface area contributed by atoms with Crippen molar-refractivity contribution in [2.24, 2.45) is 0 Å². The molecule has 2 aromatic carbocycles. The molecule has 0 fully saturated rings. The zero-order valence-corrected chi connectivity index (χ0v) is 13.2. The first-order valence-electron chi connectivity index (χ1n) is 7.51. The summed E-state index contributed by atoms with van der Waals surface area (Å²) in [7, 11) is 0. The number of rotatable bonds is 3. The molecule has 3 aromatic rings. The van der Waals surface area contributed by atoms with Gasteiger partial charge < -0.3 is 5.32 Å². The molecular formula is C18H16F3N3. The van der Waals surface area contributed by atoms with Gasteiger partial charge in [0.1, 0.15) is 0 Å². The normalized spacial score (nSPS) is 13.0. The Kier molecular flexibility index (Phi) is 4.13. The van der Waals surface area contributed by atoms with Crippen LogP contribution in [0.25, 0.3) is 10.8 Å². The maximum absolute atomic E-state index is 13.1. The molecule has 0 aliphatic carbocycles. The molecule has 0 spiro atoms. The molecule has 0 aliphatic heterocycles. The minimum atomic E-state index is -4.36. The van der Waals surface area contributed by atoms with Crippen molar-refractivity contribution in [2.75, 3.05) is 5.32 Å². The Balaban J connectivity index is 1.97. The van der Waals surface area contributed by atoms with Crippen molar-refractivity contribution >= 4 is 16.6 Å². The number of hydrogen-bond donors (Lipinski definition) is 1. The van der Waals surface area contributed by atoms with Gasteiger partial charge in [0.05, 0.1) is 17.8 Å². The first-order valence-corrected chi connectivity index (χ1v) is 7.51. The second-order valence-corrected chi connectivity index (χ2v) is 5.66. The molecule has 0 saturated heterocycles. The molecule has 3 nitrogen and oxygen atoms in total. The molecule has 1 N–H and O–H groups in total. The highest BCUT2D eigenvalue weighted by Crippen LogP contribution is 2.35. The van der Waals surface area contributed by atoms with Crippen LogP contribution in [0.1, 0.15) is 29.7 Å². The number of nitrogens with zero attached hydrogens (tertiary/aromatic N) is 2. The molecule has 1 atom stereocenters. The number of benzene rings is 2. The van der Waals surface area contributed by atoms with Crippen molar-refractivity contribution in [1.29, 1.82) is 0 Å². The largest absolute Gasteiger partial charge is 0.416 e. The van der Waals surface area contributed by atoms with Gasteiger partial charge >= 0.3 is 6.18 Å². The van der Waals surface area contributed by atoms with Crippen LogP contribution in [0.4, 0.5) is 19.0 Å². The summed E-state index contributed by atoms with van der Waals surface area (Å²) in [5, 5.41) is 13.0. The van der Waals surface area contributed by atoms with E-state index in [1.807, 2.05) is 31.2 Å². The summed E-state index contributed by atoms with van der Waals surface area (Å²) >= 11 is 0. The third kappa shape index (κ3) is 3.04. The lowest BCUT2D eigenvalue weighted by Crippen LogP contribution is -2.14. The zero-order chi connectivity index (χ0) is 17.3. The Morgan fingerprint density at radius 1 is 1.04 bits per heavy atom. The van der Waals surface area contributed by atoms with Gasteiger partial charge in [-0.25, -0.2) is 0 Å². The lowest BCUT2D eigenvalue weighted by atomic mass is 9.97. The summed E-state index contributed by atoms with van der Waals surface area (Å²) in [6.45, 7) is 3.30. The standard InChI is InChI=1S/C18H16F3N3/c1-11-14(8-5-9-16(11)18(19,20)21)12(2)23-17-15-7-4-3-6-13(15)10-22-24-17/h3-10,12H,1-2H3,(H,23,24). The molecule has 6 heteroatoms. The molecule has 1 heterocycles. The molecule has 24 heavy (non-hydrogen) atoms. The Morgan fingerprint density at radius 3 is 2.54 bits per heavy atom. The summed E-state index contributed by atoms with van der Waals surface area (Å²) in [6, 6.07) is 11.5. The molecular weight excluding hydrogens is 315 g/mol. The van der Waals surface area contributed by atoms with Crippen LogP contribution in [0.3, 0.4) is 0 Å². The predicted molar refractivity (Wildman–Crippen MR) is 87.8 cm³/mol.